The Balaban J connectivity index is 1.89. The van der Waals surface area contributed by atoms with Crippen molar-refractivity contribution in [3.63, 3.8) is 0 Å². The average Bonchev–Trinajstić information content (AvgIpc) is 2.75. The second-order valence-corrected chi connectivity index (χ2v) is 5.66. The molecule has 1 aliphatic carbocycles. The summed E-state index contributed by atoms with van der Waals surface area (Å²) in [4.78, 5) is 25.6. The zero-order chi connectivity index (χ0) is 13.0. The van der Waals surface area contributed by atoms with Crippen LogP contribution in [0.25, 0.3) is 0 Å². The zero-order valence-electron chi connectivity index (χ0n) is 10.9. The van der Waals surface area contributed by atoms with Crippen molar-refractivity contribution >= 4 is 11.8 Å². The van der Waals surface area contributed by atoms with Crippen LogP contribution in [0.2, 0.25) is 0 Å². The number of hydrogen-bond acceptors (Lipinski definition) is 2. The molecule has 0 unspecified atom stereocenters. The topological polar surface area (TPSA) is 37.4 Å². The van der Waals surface area contributed by atoms with Crippen LogP contribution in [0, 0.1) is 17.8 Å². The lowest BCUT2D eigenvalue weighted by Gasteiger charge is -2.37. The molecule has 3 nitrogen and oxygen atoms in total. The van der Waals surface area contributed by atoms with Crippen LogP contribution in [-0.4, -0.2) is 23.3 Å². The van der Waals surface area contributed by atoms with Crippen LogP contribution in [0.15, 0.2) is 0 Å². The van der Waals surface area contributed by atoms with E-state index < -0.39 is 0 Å². The smallest absolute Gasteiger partial charge is 0.229 e. The van der Waals surface area contributed by atoms with E-state index in [0.717, 1.165) is 32.1 Å². The van der Waals surface area contributed by atoms with Crippen LogP contribution in [0.1, 0.15) is 57.8 Å². The molecule has 2 amide bonds. The van der Waals surface area contributed by atoms with Crippen molar-refractivity contribution in [2.24, 2.45) is 5.41 Å². The van der Waals surface area contributed by atoms with Crippen molar-refractivity contribution in [3.8, 4) is 12.3 Å². The predicted molar refractivity (Wildman–Crippen MR) is 69.5 cm³/mol. The average molecular weight is 247 g/mol. The number of hydrogen-bond donors (Lipinski definition) is 0. The number of carbonyl (C=O) groups is 2. The van der Waals surface area contributed by atoms with Gasteiger partial charge in [-0.2, -0.15) is 0 Å². The number of nitrogens with zero attached hydrogens (tertiary/aromatic N) is 1. The van der Waals surface area contributed by atoms with Gasteiger partial charge in [0.1, 0.15) is 0 Å². The largest absolute Gasteiger partial charge is 0.283 e. The van der Waals surface area contributed by atoms with E-state index in [1.54, 1.807) is 0 Å². The van der Waals surface area contributed by atoms with Gasteiger partial charge in [-0.15, -0.1) is 12.3 Å². The van der Waals surface area contributed by atoms with Crippen LogP contribution in [0.3, 0.4) is 0 Å². The summed E-state index contributed by atoms with van der Waals surface area (Å²) < 4.78 is 0. The van der Waals surface area contributed by atoms with E-state index in [9.17, 15) is 9.59 Å². The van der Waals surface area contributed by atoms with Gasteiger partial charge in [0, 0.05) is 25.8 Å². The van der Waals surface area contributed by atoms with Crippen LogP contribution in [0.5, 0.6) is 0 Å². The fourth-order valence-electron chi connectivity index (χ4n) is 3.26. The third kappa shape index (κ3) is 2.75. The van der Waals surface area contributed by atoms with Crippen LogP contribution in [-0.2, 0) is 9.59 Å². The lowest BCUT2D eigenvalue weighted by atomic mass is 9.76. The molecule has 2 rings (SSSR count). The van der Waals surface area contributed by atoms with Gasteiger partial charge in [0.25, 0.3) is 0 Å². The third-order valence-electron chi connectivity index (χ3n) is 4.27. The number of likely N-dealkylation sites (tertiary alicyclic amines) is 1. The van der Waals surface area contributed by atoms with Gasteiger partial charge in [0.2, 0.25) is 11.8 Å². The van der Waals surface area contributed by atoms with Crippen LogP contribution in [0.4, 0.5) is 0 Å². The molecule has 18 heavy (non-hydrogen) atoms. The van der Waals surface area contributed by atoms with E-state index in [0.29, 0.717) is 19.4 Å². The molecule has 3 heteroatoms. The number of amides is 2. The Labute approximate surface area is 109 Å². The van der Waals surface area contributed by atoms with E-state index in [4.69, 9.17) is 6.42 Å². The van der Waals surface area contributed by atoms with E-state index in [1.807, 2.05) is 0 Å². The molecule has 1 saturated carbocycles. The van der Waals surface area contributed by atoms with E-state index in [2.05, 4.69) is 5.92 Å². The van der Waals surface area contributed by atoms with Gasteiger partial charge < -0.3 is 0 Å². The Morgan fingerprint density at radius 1 is 1.11 bits per heavy atom. The highest BCUT2D eigenvalue weighted by molar-refractivity contribution is 5.98. The maximum absolute atomic E-state index is 12.1. The van der Waals surface area contributed by atoms with Gasteiger partial charge in [0.15, 0.2) is 0 Å². The standard InChI is InChI=1S/C15H21NO2/c1-2-3-4-7-10-16-13(17)11-15(12-14(16)18)8-5-6-9-15/h1H,3-12H2. The fourth-order valence-corrected chi connectivity index (χ4v) is 3.26. The highest BCUT2D eigenvalue weighted by Crippen LogP contribution is 2.46. The molecular formula is C15H21NO2. The third-order valence-corrected chi connectivity index (χ3v) is 4.27. The van der Waals surface area contributed by atoms with Crippen molar-refractivity contribution in [1.29, 1.82) is 0 Å². The molecule has 0 N–H and O–H groups in total. The SMILES string of the molecule is C#CCCCCN1C(=O)CC2(CCCC2)CC1=O. The van der Waals surface area contributed by atoms with Gasteiger partial charge in [-0.3, -0.25) is 14.5 Å². The number of unbranched alkanes of at least 4 members (excludes halogenated alkanes) is 2. The first-order chi connectivity index (χ1) is 8.67. The summed E-state index contributed by atoms with van der Waals surface area (Å²) in [6, 6.07) is 0. The van der Waals surface area contributed by atoms with Crippen molar-refractivity contribution in [2.75, 3.05) is 6.54 Å². The molecular weight excluding hydrogens is 226 g/mol. The number of imide groups is 1. The summed E-state index contributed by atoms with van der Waals surface area (Å²) in [7, 11) is 0. The Morgan fingerprint density at radius 2 is 1.72 bits per heavy atom. The lowest BCUT2D eigenvalue weighted by Crippen LogP contribution is -2.47. The molecule has 2 aliphatic rings. The number of piperidine rings is 1. The molecule has 1 saturated heterocycles. The van der Waals surface area contributed by atoms with E-state index in [-0.39, 0.29) is 17.2 Å². The van der Waals surface area contributed by atoms with Gasteiger partial charge in [-0.05, 0) is 31.1 Å². The normalized spacial score (nSPS) is 22.5. The van der Waals surface area contributed by atoms with Gasteiger partial charge in [-0.1, -0.05) is 12.8 Å². The van der Waals surface area contributed by atoms with E-state index >= 15 is 0 Å². The van der Waals surface area contributed by atoms with Crippen molar-refractivity contribution < 1.29 is 9.59 Å². The van der Waals surface area contributed by atoms with Crippen LogP contribution < -0.4 is 0 Å². The summed E-state index contributed by atoms with van der Waals surface area (Å²) in [6.07, 6.45) is 13.2. The fraction of sp³-hybridized carbons (Fsp3) is 0.733. The van der Waals surface area contributed by atoms with Gasteiger partial charge in [0.05, 0.1) is 0 Å². The molecule has 0 bridgehead atoms. The van der Waals surface area contributed by atoms with Crippen molar-refractivity contribution in [3.05, 3.63) is 0 Å². The molecule has 0 aromatic rings. The quantitative estimate of drug-likeness (QED) is 0.435. The first kappa shape index (κ1) is 13.1. The predicted octanol–water partition coefficient (Wildman–Crippen LogP) is 2.50. The Morgan fingerprint density at radius 3 is 2.28 bits per heavy atom. The molecule has 0 radical (unpaired) electrons. The molecule has 1 spiro atoms. The maximum Gasteiger partial charge on any atom is 0.229 e. The number of terminal acetylenes is 1. The molecule has 0 aromatic carbocycles. The van der Waals surface area contributed by atoms with Gasteiger partial charge in [-0.25, -0.2) is 0 Å². The molecule has 0 aromatic heterocycles. The minimum Gasteiger partial charge on any atom is -0.283 e. The zero-order valence-corrected chi connectivity index (χ0v) is 10.9. The monoisotopic (exact) mass is 247 g/mol. The highest BCUT2D eigenvalue weighted by atomic mass is 16.2. The summed E-state index contributed by atoms with van der Waals surface area (Å²) in [5.74, 6) is 2.65. The lowest BCUT2D eigenvalue weighted by molar-refractivity contribution is -0.153. The summed E-state index contributed by atoms with van der Waals surface area (Å²) in [6.45, 7) is 0.551. The number of rotatable bonds is 4. The minimum absolute atomic E-state index is 0.0173. The van der Waals surface area contributed by atoms with Crippen molar-refractivity contribution in [2.45, 2.75) is 57.8 Å². The second kappa shape index (κ2) is 5.56. The number of carbonyl (C=O) groups excluding carboxylic acids is 2. The second-order valence-electron chi connectivity index (χ2n) is 5.66. The molecule has 98 valence electrons. The Bertz CT molecular complexity index is 354. The first-order valence-corrected chi connectivity index (χ1v) is 6.94. The first-order valence-electron chi connectivity index (χ1n) is 6.94. The summed E-state index contributed by atoms with van der Waals surface area (Å²) >= 11 is 0. The maximum atomic E-state index is 12.1. The van der Waals surface area contributed by atoms with Gasteiger partial charge >= 0.3 is 0 Å². The Hall–Kier alpha value is -1.30. The summed E-state index contributed by atoms with van der Waals surface area (Å²) in [5.41, 5.74) is 0.0173. The highest BCUT2D eigenvalue weighted by Gasteiger charge is 2.44. The molecule has 0 atom stereocenters. The molecule has 2 fully saturated rings. The van der Waals surface area contributed by atoms with Crippen LogP contribution >= 0.6 is 0 Å². The minimum atomic E-state index is 0.0173. The Kier molecular flexibility index (Phi) is 4.06. The molecule has 1 aliphatic heterocycles. The van der Waals surface area contributed by atoms with E-state index in [1.165, 1.54) is 17.7 Å². The summed E-state index contributed by atoms with van der Waals surface area (Å²) in [5, 5.41) is 0. The van der Waals surface area contributed by atoms with Crippen molar-refractivity contribution in [1.82, 2.24) is 4.90 Å². The molecule has 1 heterocycles.